The van der Waals surface area contributed by atoms with Gasteiger partial charge < -0.3 is 29.5 Å². The fourth-order valence-electron chi connectivity index (χ4n) is 0.724. The van der Waals surface area contributed by atoms with Crippen LogP contribution in [-0.2, 0) is 46.9 Å². The summed E-state index contributed by atoms with van der Waals surface area (Å²) in [6.45, 7) is 12.0. The van der Waals surface area contributed by atoms with Gasteiger partial charge in [-0.25, -0.2) is 0 Å². The van der Waals surface area contributed by atoms with Crippen LogP contribution in [-0.4, -0.2) is 54.0 Å². The van der Waals surface area contributed by atoms with Crippen LogP contribution in [0.4, 0.5) is 0 Å². The number of aliphatic hydroxyl groups excluding tert-OH is 3. The Morgan fingerprint density at radius 2 is 0.789 bits per heavy atom. The maximum atomic E-state index is 8.33. The molecular formula is C12H30O6Y. The molecule has 0 rings (SSSR count). The van der Waals surface area contributed by atoms with Crippen molar-refractivity contribution in [1.29, 1.82) is 0 Å². The zero-order valence-corrected chi connectivity index (χ0v) is 15.8. The van der Waals surface area contributed by atoms with Crippen LogP contribution in [0, 0.1) is 0 Å². The van der Waals surface area contributed by atoms with Gasteiger partial charge in [0.1, 0.15) is 0 Å². The van der Waals surface area contributed by atoms with Gasteiger partial charge in [0.05, 0.1) is 0 Å². The Morgan fingerprint density at radius 3 is 0.789 bits per heavy atom. The second-order valence-corrected chi connectivity index (χ2v) is 3.16. The maximum Gasteiger partial charge on any atom is 0.151 e. The molecule has 19 heavy (non-hydrogen) atoms. The minimum absolute atomic E-state index is 0. The monoisotopic (exact) mass is 359 g/mol. The predicted octanol–water partition coefficient (Wildman–Crippen LogP) is 1.08. The van der Waals surface area contributed by atoms with Crippen molar-refractivity contribution < 1.29 is 62.2 Å². The molecule has 6 nitrogen and oxygen atoms in total. The summed E-state index contributed by atoms with van der Waals surface area (Å²) in [5.74, 6) is 0. The molecule has 0 amide bonds. The van der Waals surface area contributed by atoms with E-state index >= 15 is 0 Å². The molecule has 3 N–H and O–H groups in total. The molecule has 0 aromatic rings. The van der Waals surface area contributed by atoms with E-state index in [9.17, 15) is 0 Å². The molecule has 0 aromatic carbocycles. The van der Waals surface area contributed by atoms with Gasteiger partial charge in [0.2, 0.25) is 0 Å². The average molecular weight is 359 g/mol. The van der Waals surface area contributed by atoms with Crippen LogP contribution in [0.25, 0.3) is 0 Å². The van der Waals surface area contributed by atoms with Gasteiger partial charge >= 0.3 is 0 Å². The molecule has 0 bridgehead atoms. The summed E-state index contributed by atoms with van der Waals surface area (Å²) in [5.41, 5.74) is 0. The van der Waals surface area contributed by atoms with Crippen LogP contribution in [0.2, 0.25) is 0 Å². The Morgan fingerprint density at radius 1 is 0.632 bits per heavy atom. The molecule has 117 valence electrons. The summed E-state index contributed by atoms with van der Waals surface area (Å²) < 4.78 is 13.8. The smallest absolute Gasteiger partial charge is 0.151 e. The largest absolute Gasteiger partial charge is 0.368 e. The SMILES string of the molecule is CCOC(C)O.CCOC(C)O.CCOC(C)O.[Y]. The molecule has 3 atom stereocenters. The Hall–Kier alpha value is 0.864. The Bertz CT molecular complexity index is 110. The van der Waals surface area contributed by atoms with Crippen molar-refractivity contribution in [2.45, 2.75) is 60.4 Å². The van der Waals surface area contributed by atoms with E-state index < -0.39 is 18.9 Å². The van der Waals surface area contributed by atoms with Crippen LogP contribution in [0.3, 0.4) is 0 Å². The summed E-state index contributed by atoms with van der Waals surface area (Å²) in [6.07, 6.45) is -1.81. The van der Waals surface area contributed by atoms with Crippen LogP contribution in [0.1, 0.15) is 41.5 Å². The number of aliphatic hydroxyl groups is 3. The quantitative estimate of drug-likeness (QED) is 0.615. The van der Waals surface area contributed by atoms with Crippen molar-refractivity contribution in [3.05, 3.63) is 0 Å². The van der Waals surface area contributed by atoms with E-state index in [1.54, 1.807) is 20.8 Å². The third kappa shape index (κ3) is 55.1. The van der Waals surface area contributed by atoms with E-state index in [0.29, 0.717) is 19.8 Å². The third-order valence-corrected chi connectivity index (χ3v) is 1.22. The van der Waals surface area contributed by atoms with Crippen molar-refractivity contribution >= 4 is 0 Å². The van der Waals surface area contributed by atoms with E-state index in [-0.39, 0.29) is 32.7 Å². The Kier molecular flexibility index (Phi) is 35.4. The summed E-state index contributed by atoms with van der Waals surface area (Å²) in [4.78, 5) is 0. The Balaban J connectivity index is -0.0000000865. The average Bonchev–Trinajstić information content (AvgIpc) is 2.18. The summed E-state index contributed by atoms with van der Waals surface area (Å²) in [5, 5.41) is 25.0. The molecule has 0 saturated carbocycles. The first-order valence-corrected chi connectivity index (χ1v) is 6.20. The maximum absolute atomic E-state index is 8.33. The van der Waals surface area contributed by atoms with Gasteiger partial charge in [-0.2, -0.15) is 0 Å². The minimum atomic E-state index is -0.602. The van der Waals surface area contributed by atoms with Crippen molar-refractivity contribution in [2.24, 2.45) is 0 Å². The van der Waals surface area contributed by atoms with Crippen LogP contribution in [0.15, 0.2) is 0 Å². The number of hydrogen-bond donors (Lipinski definition) is 3. The van der Waals surface area contributed by atoms with Crippen LogP contribution >= 0.6 is 0 Å². The van der Waals surface area contributed by atoms with Gasteiger partial charge in [-0.05, 0) is 41.5 Å². The second-order valence-electron chi connectivity index (χ2n) is 3.16. The van der Waals surface area contributed by atoms with Gasteiger partial charge in [0.15, 0.2) is 18.9 Å². The second kappa shape index (κ2) is 23.9. The molecular weight excluding hydrogens is 329 g/mol. The van der Waals surface area contributed by atoms with E-state index in [4.69, 9.17) is 15.3 Å². The van der Waals surface area contributed by atoms with E-state index in [0.717, 1.165) is 0 Å². The molecule has 0 spiro atoms. The van der Waals surface area contributed by atoms with Gasteiger partial charge in [-0.1, -0.05) is 0 Å². The van der Waals surface area contributed by atoms with Gasteiger partial charge in [-0.15, -0.1) is 0 Å². The Labute approximate surface area is 142 Å². The predicted molar refractivity (Wildman–Crippen MR) is 69.9 cm³/mol. The zero-order valence-electron chi connectivity index (χ0n) is 13.0. The number of hydrogen-bond acceptors (Lipinski definition) is 6. The summed E-state index contributed by atoms with van der Waals surface area (Å²) >= 11 is 0. The molecule has 0 aromatic heterocycles. The van der Waals surface area contributed by atoms with Gasteiger partial charge in [0.25, 0.3) is 0 Å². The van der Waals surface area contributed by atoms with Crippen molar-refractivity contribution in [2.75, 3.05) is 19.8 Å². The zero-order chi connectivity index (χ0) is 15.0. The van der Waals surface area contributed by atoms with Gasteiger partial charge in [0, 0.05) is 52.5 Å². The topological polar surface area (TPSA) is 88.4 Å². The molecule has 0 saturated heterocycles. The molecule has 0 heterocycles. The minimum Gasteiger partial charge on any atom is -0.368 e. The van der Waals surface area contributed by atoms with Crippen molar-refractivity contribution in [3.63, 3.8) is 0 Å². The van der Waals surface area contributed by atoms with Gasteiger partial charge in [-0.3, -0.25) is 0 Å². The van der Waals surface area contributed by atoms with E-state index in [2.05, 4.69) is 14.2 Å². The third-order valence-electron chi connectivity index (χ3n) is 1.22. The number of ether oxygens (including phenoxy) is 3. The first kappa shape index (κ1) is 28.1. The fourth-order valence-corrected chi connectivity index (χ4v) is 0.724. The van der Waals surface area contributed by atoms with Crippen LogP contribution in [0.5, 0.6) is 0 Å². The number of rotatable bonds is 6. The molecule has 3 unspecified atom stereocenters. The molecule has 7 heteroatoms. The molecule has 0 fully saturated rings. The first-order valence-electron chi connectivity index (χ1n) is 6.20. The standard InChI is InChI=1S/3C4H10O2.Y/c3*1-3-6-4(2)5;/h3*4-5H,3H2,1-2H3;. The molecule has 0 aliphatic rings. The molecule has 0 aliphatic carbocycles. The summed E-state index contributed by atoms with van der Waals surface area (Å²) in [6, 6.07) is 0. The summed E-state index contributed by atoms with van der Waals surface area (Å²) in [7, 11) is 0. The van der Waals surface area contributed by atoms with E-state index in [1.165, 1.54) is 0 Å². The molecule has 0 aliphatic heterocycles. The van der Waals surface area contributed by atoms with Crippen molar-refractivity contribution in [1.82, 2.24) is 0 Å². The van der Waals surface area contributed by atoms with Crippen LogP contribution < -0.4 is 0 Å². The first-order chi connectivity index (χ1) is 8.31. The van der Waals surface area contributed by atoms with E-state index in [1.807, 2.05) is 20.8 Å². The fraction of sp³-hybridized carbons (Fsp3) is 1.00. The van der Waals surface area contributed by atoms with Crippen molar-refractivity contribution in [3.8, 4) is 0 Å². The molecule has 1 radical (unpaired) electrons. The normalized spacial score (nSPS) is 13.7.